The molecule has 0 fully saturated rings. The van der Waals surface area contributed by atoms with E-state index in [-0.39, 0.29) is 6.04 Å². The molecule has 0 aromatic heterocycles. The van der Waals surface area contributed by atoms with Gasteiger partial charge in [0.15, 0.2) is 0 Å². The van der Waals surface area contributed by atoms with Crippen molar-refractivity contribution in [2.45, 2.75) is 19.4 Å². The number of hydrogen-bond acceptors (Lipinski definition) is 1. The van der Waals surface area contributed by atoms with Gasteiger partial charge in [0, 0.05) is 16.1 Å². The standard InChI is InChI=1S/C12H15Cl2N/c1-8(2)6-12(15-3)10-5-4-9(13)7-11(10)14/h4-5,7,12,15H,1,6H2,2-3H3. The Balaban J connectivity index is 2.96. The lowest BCUT2D eigenvalue weighted by atomic mass is 10.0. The molecular formula is C12H15Cl2N. The number of nitrogens with one attached hydrogen (secondary N) is 1. The van der Waals surface area contributed by atoms with Crippen molar-refractivity contribution >= 4 is 23.2 Å². The third-order valence-corrected chi connectivity index (χ3v) is 2.80. The van der Waals surface area contributed by atoms with Crippen LogP contribution in [-0.2, 0) is 0 Å². The molecule has 0 saturated carbocycles. The molecule has 1 N–H and O–H groups in total. The topological polar surface area (TPSA) is 12.0 Å². The van der Waals surface area contributed by atoms with E-state index in [9.17, 15) is 0 Å². The van der Waals surface area contributed by atoms with Gasteiger partial charge in [-0.1, -0.05) is 34.8 Å². The number of halogens is 2. The number of rotatable bonds is 4. The van der Waals surface area contributed by atoms with Gasteiger partial charge in [0.2, 0.25) is 0 Å². The molecule has 0 aliphatic rings. The zero-order valence-electron chi connectivity index (χ0n) is 8.98. The Morgan fingerprint density at radius 2 is 2.13 bits per heavy atom. The lowest BCUT2D eigenvalue weighted by Crippen LogP contribution is -2.16. The number of hydrogen-bond donors (Lipinski definition) is 1. The van der Waals surface area contributed by atoms with Gasteiger partial charge in [0.1, 0.15) is 0 Å². The summed E-state index contributed by atoms with van der Waals surface area (Å²) in [5.41, 5.74) is 2.19. The molecule has 15 heavy (non-hydrogen) atoms. The Hall–Kier alpha value is -0.500. The van der Waals surface area contributed by atoms with Crippen LogP contribution in [0.4, 0.5) is 0 Å². The first-order valence-corrected chi connectivity index (χ1v) is 5.56. The number of benzene rings is 1. The van der Waals surface area contributed by atoms with E-state index < -0.39 is 0 Å². The summed E-state index contributed by atoms with van der Waals surface area (Å²) in [6.07, 6.45) is 0.873. The van der Waals surface area contributed by atoms with E-state index in [1.165, 1.54) is 0 Å². The van der Waals surface area contributed by atoms with Gasteiger partial charge >= 0.3 is 0 Å². The molecule has 0 aliphatic carbocycles. The third kappa shape index (κ3) is 3.53. The fourth-order valence-electron chi connectivity index (χ4n) is 1.50. The summed E-state index contributed by atoms with van der Waals surface area (Å²) in [6.45, 7) is 5.91. The average Bonchev–Trinajstić information content (AvgIpc) is 2.14. The van der Waals surface area contributed by atoms with Crippen molar-refractivity contribution in [1.29, 1.82) is 0 Å². The van der Waals surface area contributed by atoms with E-state index in [1.807, 2.05) is 26.1 Å². The predicted molar refractivity (Wildman–Crippen MR) is 67.7 cm³/mol. The van der Waals surface area contributed by atoms with Crippen LogP contribution >= 0.6 is 23.2 Å². The van der Waals surface area contributed by atoms with Crippen molar-refractivity contribution in [1.82, 2.24) is 5.32 Å². The molecule has 0 aliphatic heterocycles. The van der Waals surface area contributed by atoms with Gasteiger partial charge < -0.3 is 5.32 Å². The van der Waals surface area contributed by atoms with Gasteiger partial charge in [-0.2, -0.15) is 0 Å². The van der Waals surface area contributed by atoms with E-state index >= 15 is 0 Å². The highest BCUT2D eigenvalue weighted by atomic mass is 35.5. The Labute approximate surface area is 101 Å². The largest absolute Gasteiger partial charge is 0.313 e. The molecule has 82 valence electrons. The lowest BCUT2D eigenvalue weighted by Gasteiger charge is -2.18. The summed E-state index contributed by atoms with van der Waals surface area (Å²) in [7, 11) is 1.92. The molecule has 0 bridgehead atoms. The van der Waals surface area contributed by atoms with Gasteiger partial charge in [0.05, 0.1) is 0 Å². The van der Waals surface area contributed by atoms with E-state index in [1.54, 1.807) is 6.07 Å². The first-order valence-electron chi connectivity index (χ1n) is 4.81. The van der Waals surface area contributed by atoms with E-state index in [0.717, 1.165) is 17.6 Å². The quantitative estimate of drug-likeness (QED) is 0.782. The molecule has 1 rings (SSSR count). The summed E-state index contributed by atoms with van der Waals surface area (Å²) < 4.78 is 0. The van der Waals surface area contributed by atoms with Gasteiger partial charge in [-0.25, -0.2) is 0 Å². The Bertz CT molecular complexity index is 361. The second-order valence-corrected chi connectivity index (χ2v) is 4.51. The second kappa shape index (κ2) is 5.55. The maximum atomic E-state index is 6.13. The molecule has 0 spiro atoms. The Kier molecular flexibility index (Phi) is 4.65. The molecule has 1 atom stereocenters. The van der Waals surface area contributed by atoms with Crippen LogP contribution in [0.1, 0.15) is 24.9 Å². The fourth-order valence-corrected chi connectivity index (χ4v) is 2.04. The SMILES string of the molecule is C=C(C)CC(NC)c1ccc(Cl)cc1Cl. The van der Waals surface area contributed by atoms with Crippen molar-refractivity contribution in [3.63, 3.8) is 0 Å². The minimum atomic E-state index is 0.201. The zero-order chi connectivity index (χ0) is 11.4. The first kappa shape index (κ1) is 12.6. The van der Waals surface area contributed by atoms with Crippen LogP contribution in [0.5, 0.6) is 0 Å². The molecule has 0 saturated heterocycles. The predicted octanol–water partition coefficient (Wildman–Crippen LogP) is 4.22. The third-order valence-electron chi connectivity index (χ3n) is 2.24. The highest BCUT2D eigenvalue weighted by Crippen LogP contribution is 2.29. The monoisotopic (exact) mass is 243 g/mol. The minimum absolute atomic E-state index is 0.201. The summed E-state index contributed by atoms with van der Waals surface area (Å²) in [5.74, 6) is 0. The van der Waals surface area contributed by atoms with Crippen molar-refractivity contribution in [2.75, 3.05) is 7.05 Å². The van der Waals surface area contributed by atoms with Crippen LogP contribution in [-0.4, -0.2) is 7.05 Å². The van der Waals surface area contributed by atoms with Crippen LogP contribution in [0.2, 0.25) is 10.0 Å². The van der Waals surface area contributed by atoms with Crippen molar-refractivity contribution in [3.05, 3.63) is 46.0 Å². The maximum Gasteiger partial charge on any atom is 0.0468 e. The van der Waals surface area contributed by atoms with Gasteiger partial charge in [-0.05, 0) is 38.1 Å². The van der Waals surface area contributed by atoms with Crippen LogP contribution in [0.3, 0.4) is 0 Å². The van der Waals surface area contributed by atoms with Gasteiger partial charge in [0.25, 0.3) is 0 Å². The van der Waals surface area contributed by atoms with E-state index in [2.05, 4.69) is 11.9 Å². The smallest absolute Gasteiger partial charge is 0.0468 e. The first-order chi connectivity index (χ1) is 7.04. The van der Waals surface area contributed by atoms with E-state index in [0.29, 0.717) is 10.0 Å². The second-order valence-electron chi connectivity index (χ2n) is 3.67. The minimum Gasteiger partial charge on any atom is -0.313 e. The molecule has 1 unspecified atom stereocenters. The van der Waals surface area contributed by atoms with E-state index in [4.69, 9.17) is 23.2 Å². The summed E-state index contributed by atoms with van der Waals surface area (Å²) in [4.78, 5) is 0. The molecule has 0 amide bonds. The molecule has 0 radical (unpaired) electrons. The highest BCUT2D eigenvalue weighted by Gasteiger charge is 2.12. The Morgan fingerprint density at radius 1 is 1.47 bits per heavy atom. The molecule has 3 heteroatoms. The molecule has 1 nitrogen and oxygen atoms in total. The summed E-state index contributed by atoms with van der Waals surface area (Å²) in [6, 6.07) is 5.77. The summed E-state index contributed by atoms with van der Waals surface area (Å²) >= 11 is 12.0. The molecule has 1 aromatic carbocycles. The molecule has 0 heterocycles. The fraction of sp³-hybridized carbons (Fsp3) is 0.333. The molecule has 1 aromatic rings. The zero-order valence-corrected chi connectivity index (χ0v) is 10.5. The molecular weight excluding hydrogens is 229 g/mol. The van der Waals surface area contributed by atoms with Crippen molar-refractivity contribution in [3.8, 4) is 0 Å². The van der Waals surface area contributed by atoms with Crippen molar-refractivity contribution < 1.29 is 0 Å². The average molecular weight is 244 g/mol. The van der Waals surface area contributed by atoms with Gasteiger partial charge in [-0.15, -0.1) is 6.58 Å². The van der Waals surface area contributed by atoms with Crippen molar-refractivity contribution in [2.24, 2.45) is 0 Å². The van der Waals surface area contributed by atoms with Gasteiger partial charge in [-0.3, -0.25) is 0 Å². The summed E-state index contributed by atoms with van der Waals surface area (Å²) in [5, 5.41) is 4.58. The van der Waals surface area contributed by atoms with Crippen LogP contribution in [0, 0.1) is 0 Å². The maximum absolute atomic E-state index is 6.13. The van der Waals surface area contributed by atoms with Crippen LogP contribution < -0.4 is 5.32 Å². The normalized spacial score (nSPS) is 12.5. The van der Waals surface area contributed by atoms with Crippen LogP contribution in [0.25, 0.3) is 0 Å². The highest BCUT2D eigenvalue weighted by molar-refractivity contribution is 6.35. The Morgan fingerprint density at radius 3 is 2.60 bits per heavy atom. The lowest BCUT2D eigenvalue weighted by molar-refractivity contribution is 0.590. The van der Waals surface area contributed by atoms with Crippen LogP contribution in [0.15, 0.2) is 30.4 Å².